The molecule has 1 aromatic heterocycles. The van der Waals surface area contributed by atoms with E-state index >= 15 is 0 Å². The molecule has 20 heavy (non-hydrogen) atoms. The van der Waals surface area contributed by atoms with Gasteiger partial charge in [0.2, 0.25) is 0 Å². The lowest BCUT2D eigenvalue weighted by Gasteiger charge is -2.14. The first-order valence-electron chi connectivity index (χ1n) is 7.52. The van der Waals surface area contributed by atoms with E-state index in [4.69, 9.17) is 0 Å². The second-order valence-corrected chi connectivity index (χ2v) is 5.40. The predicted octanol–water partition coefficient (Wildman–Crippen LogP) is 2.53. The third-order valence-electron chi connectivity index (χ3n) is 3.23. The van der Waals surface area contributed by atoms with E-state index < -0.39 is 0 Å². The van der Waals surface area contributed by atoms with Gasteiger partial charge < -0.3 is 15.5 Å². The Morgan fingerprint density at radius 2 is 1.80 bits per heavy atom. The molecule has 114 valence electrons. The average Bonchev–Trinajstić information content (AvgIpc) is 2.41. The third kappa shape index (κ3) is 5.33. The highest BCUT2D eigenvalue weighted by atomic mass is 15.1. The van der Waals surface area contributed by atoms with Crippen molar-refractivity contribution < 1.29 is 0 Å². The van der Waals surface area contributed by atoms with Crippen LogP contribution in [0.25, 0.3) is 0 Å². The first-order chi connectivity index (χ1) is 9.58. The molecule has 0 amide bonds. The molecule has 0 saturated heterocycles. The van der Waals surface area contributed by atoms with Crippen LogP contribution in [0.2, 0.25) is 0 Å². The molecule has 0 bridgehead atoms. The molecule has 0 atom stereocenters. The number of rotatable bonds is 9. The predicted molar refractivity (Wildman–Crippen MR) is 86.6 cm³/mol. The quantitative estimate of drug-likeness (QED) is 0.680. The zero-order valence-corrected chi connectivity index (χ0v) is 13.6. The molecule has 0 radical (unpaired) electrons. The molecular formula is C15H29N5. The van der Waals surface area contributed by atoms with Crippen LogP contribution in [-0.2, 0) is 6.42 Å². The van der Waals surface area contributed by atoms with Gasteiger partial charge in [-0.25, -0.2) is 9.97 Å². The standard InChI is InChI=1S/C15H29N5/c1-6-9-13-18-14(16-3)12(2)15(19-13)17-10-7-8-11-20(4)5/h6-11H2,1-5H3,(H2,16,17,18,19). The maximum absolute atomic E-state index is 4.63. The highest BCUT2D eigenvalue weighted by molar-refractivity contribution is 5.56. The van der Waals surface area contributed by atoms with Crippen LogP contribution in [0, 0.1) is 6.92 Å². The van der Waals surface area contributed by atoms with E-state index in [2.05, 4.69) is 53.4 Å². The number of aryl methyl sites for hydroxylation is 1. The number of aromatic nitrogens is 2. The van der Waals surface area contributed by atoms with E-state index in [0.29, 0.717) is 0 Å². The molecule has 0 saturated carbocycles. The van der Waals surface area contributed by atoms with Crippen LogP contribution in [0.5, 0.6) is 0 Å². The van der Waals surface area contributed by atoms with Crippen LogP contribution in [0.15, 0.2) is 0 Å². The molecule has 0 aliphatic carbocycles. The Labute approximate surface area is 123 Å². The molecule has 0 aliphatic rings. The maximum atomic E-state index is 4.63. The molecule has 0 unspecified atom stereocenters. The van der Waals surface area contributed by atoms with Gasteiger partial charge in [0.25, 0.3) is 0 Å². The van der Waals surface area contributed by atoms with Crippen molar-refractivity contribution in [3.05, 3.63) is 11.4 Å². The summed E-state index contributed by atoms with van der Waals surface area (Å²) in [7, 11) is 6.13. The normalized spacial score (nSPS) is 10.9. The summed E-state index contributed by atoms with van der Waals surface area (Å²) in [6.07, 6.45) is 4.34. The minimum atomic E-state index is 0.915. The Hall–Kier alpha value is -1.36. The van der Waals surface area contributed by atoms with Crippen LogP contribution in [-0.4, -0.2) is 49.1 Å². The van der Waals surface area contributed by atoms with Crippen LogP contribution >= 0.6 is 0 Å². The number of hydrogen-bond donors (Lipinski definition) is 2. The van der Waals surface area contributed by atoms with Gasteiger partial charge in [-0.3, -0.25) is 0 Å². The first kappa shape index (κ1) is 16.7. The van der Waals surface area contributed by atoms with E-state index in [0.717, 1.165) is 55.4 Å². The Morgan fingerprint density at radius 1 is 1.10 bits per heavy atom. The van der Waals surface area contributed by atoms with E-state index in [1.165, 1.54) is 6.42 Å². The minimum absolute atomic E-state index is 0.915. The zero-order valence-electron chi connectivity index (χ0n) is 13.6. The summed E-state index contributed by atoms with van der Waals surface area (Å²) >= 11 is 0. The molecule has 0 aliphatic heterocycles. The SMILES string of the molecule is CCCc1nc(NC)c(C)c(NCCCCN(C)C)n1. The molecule has 2 N–H and O–H groups in total. The van der Waals surface area contributed by atoms with Crippen molar-refractivity contribution in [2.24, 2.45) is 0 Å². The second kappa shape index (κ2) is 8.74. The van der Waals surface area contributed by atoms with Crippen molar-refractivity contribution in [2.45, 2.75) is 39.5 Å². The number of anilines is 2. The van der Waals surface area contributed by atoms with Crippen LogP contribution in [0.3, 0.4) is 0 Å². The summed E-state index contributed by atoms with van der Waals surface area (Å²) in [6.45, 7) is 6.30. The third-order valence-corrected chi connectivity index (χ3v) is 3.23. The summed E-state index contributed by atoms with van der Waals surface area (Å²) < 4.78 is 0. The number of unbranched alkanes of at least 4 members (excludes halogenated alkanes) is 1. The van der Waals surface area contributed by atoms with Gasteiger partial charge in [0.1, 0.15) is 17.5 Å². The molecule has 1 heterocycles. The topological polar surface area (TPSA) is 53.1 Å². The number of nitrogens with zero attached hydrogens (tertiary/aromatic N) is 3. The van der Waals surface area contributed by atoms with Crippen molar-refractivity contribution in [1.29, 1.82) is 0 Å². The Balaban J connectivity index is 2.61. The van der Waals surface area contributed by atoms with Gasteiger partial charge in [0.15, 0.2) is 0 Å². The Bertz CT molecular complexity index is 403. The van der Waals surface area contributed by atoms with Gasteiger partial charge in [-0.15, -0.1) is 0 Å². The smallest absolute Gasteiger partial charge is 0.134 e. The van der Waals surface area contributed by atoms with Crippen LogP contribution < -0.4 is 10.6 Å². The van der Waals surface area contributed by atoms with Crippen LogP contribution in [0.1, 0.15) is 37.6 Å². The molecule has 0 fully saturated rings. The highest BCUT2D eigenvalue weighted by Gasteiger charge is 2.09. The van der Waals surface area contributed by atoms with Crippen LogP contribution in [0.4, 0.5) is 11.6 Å². The molecule has 1 rings (SSSR count). The van der Waals surface area contributed by atoms with Crippen molar-refractivity contribution in [1.82, 2.24) is 14.9 Å². The van der Waals surface area contributed by atoms with Crippen molar-refractivity contribution in [2.75, 3.05) is 44.9 Å². The fourth-order valence-corrected chi connectivity index (χ4v) is 2.07. The molecule has 0 aromatic carbocycles. The maximum Gasteiger partial charge on any atom is 0.134 e. The summed E-state index contributed by atoms with van der Waals surface area (Å²) in [6, 6.07) is 0. The number of hydrogen-bond acceptors (Lipinski definition) is 5. The fourth-order valence-electron chi connectivity index (χ4n) is 2.07. The Kier molecular flexibility index (Phi) is 7.30. The van der Waals surface area contributed by atoms with Gasteiger partial charge in [-0.05, 0) is 46.8 Å². The summed E-state index contributed by atoms with van der Waals surface area (Å²) in [5.74, 6) is 2.81. The minimum Gasteiger partial charge on any atom is -0.373 e. The average molecular weight is 279 g/mol. The molecule has 5 nitrogen and oxygen atoms in total. The lowest BCUT2D eigenvalue weighted by molar-refractivity contribution is 0.396. The van der Waals surface area contributed by atoms with E-state index in [1.54, 1.807) is 0 Å². The summed E-state index contributed by atoms with van der Waals surface area (Å²) in [5, 5.41) is 6.60. The lowest BCUT2D eigenvalue weighted by atomic mass is 10.2. The van der Waals surface area contributed by atoms with Crippen molar-refractivity contribution in [3.8, 4) is 0 Å². The van der Waals surface area contributed by atoms with E-state index in [1.807, 2.05) is 7.05 Å². The van der Waals surface area contributed by atoms with Gasteiger partial charge in [0.05, 0.1) is 0 Å². The summed E-state index contributed by atoms with van der Waals surface area (Å²) in [5.41, 5.74) is 1.10. The monoisotopic (exact) mass is 279 g/mol. The van der Waals surface area contributed by atoms with Gasteiger partial charge >= 0.3 is 0 Å². The summed E-state index contributed by atoms with van der Waals surface area (Å²) in [4.78, 5) is 11.4. The second-order valence-electron chi connectivity index (χ2n) is 5.40. The van der Waals surface area contributed by atoms with Gasteiger partial charge in [-0.1, -0.05) is 6.92 Å². The van der Waals surface area contributed by atoms with Crippen molar-refractivity contribution >= 4 is 11.6 Å². The molecule has 1 aromatic rings. The van der Waals surface area contributed by atoms with Crippen molar-refractivity contribution in [3.63, 3.8) is 0 Å². The van der Waals surface area contributed by atoms with Gasteiger partial charge in [-0.2, -0.15) is 0 Å². The molecule has 0 spiro atoms. The van der Waals surface area contributed by atoms with E-state index in [-0.39, 0.29) is 0 Å². The fraction of sp³-hybridized carbons (Fsp3) is 0.733. The highest BCUT2D eigenvalue weighted by Crippen LogP contribution is 2.20. The zero-order chi connectivity index (χ0) is 15.0. The Morgan fingerprint density at radius 3 is 2.40 bits per heavy atom. The molecular weight excluding hydrogens is 250 g/mol. The largest absolute Gasteiger partial charge is 0.373 e. The first-order valence-corrected chi connectivity index (χ1v) is 7.52. The van der Waals surface area contributed by atoms with E-state index in [9.17, 15) is 0 Å². The van der Waals surface area contributed by atoms with Gasteiger partial charge in [0, 0.05) is 25.6 Å². The molecule has 5 heteroatoms. The number of nitrogens with one attached hydrogen (secondary N) is 2. The lowest BCUT2D eigenvalue weighted by Crippen LogP contribution is -2.15.